The van der Waals surface area contributed by atoms with Crippen molar-refractivity contribution in [2.75, 3.05) is 6.61 Å². The minimum Gasteiger partial charge on any atom is -0.508 e. The van der Waals surface area contributed by atoms with E-state index in [1.54, 1.807) is 12.3 Å². The molecule has 0 bridgehead atoms. The van der Waals surface area contributed by atoms with Gasteiger partial charge in [-0.3, -0.25) is 0 Å². The highest BCUT2D eigenvalue weighted by Crippen LogP contribution is 2.30. The van der Waals surface area contributed by atoms with Gasteiger partial charge >= 0.3 is 0 Å². The van der Waals surface area contributed by atoms with E-state index in [2.05, 4.69) is 23.8 Å². The molecule has 0 fully saturated rings. The summed E-state index contributed by atoms with van der Waals surface area (Å²) in [5.74, 6) is 1.66. The van der Waals surface area contributed by atoms with Crippen LogP contribution in [0.1, 0.15) is 38.7 Å². The lowest BCUT2D eigenvalue weighted by molar-refractivity contribution is 0.291. The molecular weight excluding hydrogens is 324 g/mol. The molecule has 0 saturated heterocycles. The van der Waals surface area contributed by atoms with Crippen LogP contribution in [-0.2, 0) is 0 Å². The number of unbranched alkanes of at least 4 members (excludes halogenated alkanes) is 1. The lowest BCUT2D eigenvalue weighted by Gasteiger charge is -2.10. The SMILES string of the molecule is Cc1cc(-c2ccnc3nc(OCCCCC(C)C)ccc23)ccc1O. The number of aromatic hydroxyl groups is 1. The molecule has 0 aliphatic carbocycles. The first-order valence-corrected chi connectivity index (χ1v) is 9.23. The molecule has 3 rings (SSSR count). The fraction of sp³-hybridized carbons (Fsp3) is 0.364. The summed E-state index contributed by atoms with van der Waals surface area (Å²) in [4.78, 5) is 8.95. The van der Waals surface area contributed by atoms with Gasteiger partial charge in [-0.15, -0.1) is 0 Å². The molecule has 3 aromatic rings. The number of aryl methyl sites for hydroxylation is 1. The fourth-order valence-electron chi connectivity index (χ4n) is 3.00. The van der Waals surface area contributed by atoms with Crippen molar-refractivity contribution in [3.63, 3.8) is 0 Å². The quantitative estimate of drug-likeness (QED) is 0.570. The van der Waals surface area contributed by atoms with Gasteiger partial charge in [0.05, 0.1) is 6.61 Å². The average molecular weight is 350 g/mol. The Morgan fingerprint density at radius 1 is 1.08 bits per heavy atom. The van der Waals surface area contributed by atoms with Crippen LogP contribution in [0.5, 0.6) is 11.6 Å². The third kappa shape index (κ3) is 4.31. The van der Waals surface area contributed by atoms with Crippen molar-refractivity contribution in [2.45, 2.75) is 40.0 Å². The van der Waals surface area contributed by atoms with Crippen LogP contribution in [0.15, 0.2) is 42.6 Å². The molecule has 0 saturated carbocycles. The molecule has 2 heterocycles. The number of aromatic nitrogens is 2. The van der Waals surface area contributed by atoms with Gasteiger partial charge in [0.15, 0.2) is 5.65 Å². The van der Waals surface area contributed by atoms with Gasteiger partial charge in [0.25, 0.3) is 0 Å². The second kappa shape index (κ2) is 8.17. The number of rotatable bonds is 7. The maximum absolute atomic E-state index is 9.75. The smallest absolute Gasteiger partial charge is 0.215 e. The van der Waals surface area contributed by atoms with Crippen LogP contribution >= 0.6 is 0 Å². The van der Waals surface area contributed by atoms with E-state index in [0.29, 0.717) is 23.9 Å². The Bertz CT molecular complexity index is 890. The van der Waals surface area contributed by atoms with Gasteiger partial charge in [-0.1, -0.05) is 26.3 Å². The van der Waals surface area contributed by atoms with Crippen molar-refractivity contribution in [1.29, 1.82) is 0 Å². The molecule has 0 amide bonds. The molecule has 0 unspecified atom stereocenters. The van der Waals surface area contributed by atoms with E-state index in [-0.39, 0.29) is 0 Å². The van der Waals surface area contributed by atoms with E-state index in [0.717, 1.165) is 34.4 Å². The molecule has 26 heavy (non-hydrogen) atoms. The molecule has 136 valence electrons. The van der Waals surface area contributed by atoms with Gasteiger partial charge in [0.1, 0.15) is 5.75 Å². The van der Waals surface area contributed by atoms with Gasteiger partial charge < -0.3 is 9.84 Å². The molecule has 0 aliphatic rings. The Kier molecular flexibility index (Phi) is 5.71. The summed E-state index contributed by atoms with van der Waals surface area (Å²) in [5, 5.41) is 10.7. The fourth-order valence-corrected chi connectivity index (χ4v) is 3.00. The Morgan fingerprint density at radius 3 is 2.69 bits per heavy atom. The standard InChI is InChI=1S/C22H26N2O2/c1-15(2)6-4-5-13-26-21-10-8-19-18(11-12-23-22(19)24-21)17-7-9-20(25)16(3)14-17/h7-12,14-15,25H,4-6,13H2,1-3H3. The van der Waals surface area contributed by atoms with E-state index in [1.807, 2.05) is 37.3 Å². The zero-order valence-corrected chi connectivity index (χ0v) is 15.7. The zero-order valence-electron chi connectivity index (χ0n) is 15.7. The van der Waals surface area contributed by atoms with Crippen molar-refractivity contribution < 1.29 is 9.84 Å². The molecular formula is C22H26N2O2. The van der Waals surface area contributed by atoms with E-state index in [1.165, 1.54) is 12.8 Å². The lowest BCUT2D eigenvalue weighted by atomic mass is 10.0. The number of phenols is 1. The Labute approximate surface area is 154 Å². The number of ether oxygens (including phenoxy) is 1. The van der Waals surface area contributed by atoms with Gasteiger partial charge in [0.2, 0.25) is 5.88 Å². The third-order valence-electron chi connectivity index (χ3n) is 4.51. The molecule has 1 N–H and O–H groups in total. The summed E-state index contributed by atoms with van der Waals surface area (Å²) in [5.41, 5.74) is 3.61. The van der Waals surface area contributed by atoms with Crippen molar-refractivity contribution in [3.05, 3.63) is 48.2 Å². The second-order valence-corrected chi connectivity index (χ2v) is 7.12. The van der Waals surface area contributed by atoms with Crippen LogP contribution in [0.3, 0.4) is 0 Å². The lowest BCUT2D eigenvalue weighted by Crippen LogP contribution is -2.00. The number of fused-ring (bicyclic) bond motifs is 1. The number of hydrogen-bond acceptors (Lipinski definition) is 4. The number of nitrogens with zero attached hydrogens (tertiary/aromatic N) is 2. The summed E-state index contributed by atoms with van der Waals surface area (Å²) in [6, 6.07) is 11.5. The number of benzene rings is 1. The Hall–Kier alpha value is -2.62. The number of phenolic OH excluding ortho intramolecular Hbond substituents is 1. The predicted octanol–water partition coefficient (Wildman–Crippen LogP) is 5.52. The Balaban J connectivity index is 1.78. The summed E-state index contributed by atoms with van der Waals surface area (Å²) < 4.78 is 5.79. The molecule has 0 aliphatic heterocycles. The van der Waals surface area contributed by atoms with Crippen LogP contribution < -0.4 is 4.74 Å². The van der Waals surface area contributed by atoms with Crippen LogP contribution in [0.4, 0.5) is 0 Å². The molecule has 1 aromatic carbocycles. The van der Waals surface area contributed by atoms with Gasteiger partial charge in [-0.2, -0.15) is 4.98 Å². The molecule has 4 heteroatoms. The first-order chi connectivity index (χ1) is 12.5. The van der Waals surface area contributed by atoms with E-state index < -0.39 is 0 Å². The topological polar surface area (TPSA) is 55.2 Å². The van der Waals surface area contributed by atoms with Crippen molar-refractivity contribution >= 4 is 11.0 Å². The predicted molar refractivity (Wildman–Crippen MR) is 106 cm³/mol. The molecule has 4 nitrogen and oxygen atoms in total. The number of pyridine rings is 2. The van der Waals surface area contributed by atoms with E-state index >= 15 is 0 Å². The summed E-state index contributed by atoms with van der Waals surface area (Å²) in [6.07, 6.45) is 5.21. The highest BCUT2D eigenvalue weighted by atomic mass is 16.5. The zero-order chi connectivity index (χ0) is 18.5. The third-order valence-corrected chi connectivity index (χ3v) is 4.51. The second-order valence-electron chi connectivity index (χ2n) is 7.12. The van der Waals surface area contributed by atoms with Crippen LogP contribution in [0.25, 0.3) is 22.2 Å². The maximum Gasteiger partial charge on any atom is 0.215 e. The van der Waals surface area contributed by atoms with Gasteiger partial charge in [0, 0.05) is 17.6 Å². The minimum atomic E-state index is 0.304. The highest BCUT2D eigenvalue weighted by Gasteiger charge is 2.08. The summed E-state index contributed by atoms with van der Waals surface area (Å²) in [6.45, 7) is 7.06. The van der Waals surface area contributed by atoms with Crippen LogP contribution in [0, 0.1) is 12.8 Å². The van der Waals surface area contributed by atoms with Crippen molar-refractivity contribution in [2.24, 2.45) is 5.92 Å². The van der Waals surface area contributed by atoms with Crippen molar-refractivity contribution in [1.82, 2.24) is 9.97 Å². The monoisotopic (exact) mass is 350 g/mol. The molecule has 0 radical (unpaired) electrons. The van der Waals surface area contributed by atoms with Crippen LogP contribution in [0.2, 0.25) is 0 Å². The summed E-state index contributed by atoms with van der Waals surface area (Å²) >= 11 is 0. The Morgan fingerprint density at radius 2 is 1.92 bits per heavy atom. The maximum atomic E-state index is 9.75. The number of hydrogen-bond donors (Lipinski definition) is 1. The van der Waals surface area contributed by atoms with Gasteiger partial charge in [-0.05, 0) is 66.6 Å². The highest BCUT2D eigenvalue weighted by molar-refractivity contribution is 5.92. The normalized spacial score (nSPS) is 11.2. The van der Waals surface area contributed by atoms with E-state index in [4.69, 9.17) is 4.74 Å². The largest absolute Gasteiger partial charge is 0.508 e. The molecule has 0 atom stereocenters. The molecule has 0 spiro atoms. The molecule has 2 aromatic heterocycles. The van der Waals surface area contributed by atoms with E-state index in [9.17, 15) is 5.11 Å². The average Bonchev–Trinajstić information content (AvgIpc) is 2.63. The van der Waals surface area contributed by atoms with Crippen LogP contribution in [-0.4, -0.2) is 21.7 Å². The van der Waals surface area contributed by atoms with Gasteiger partial charge in [-0.25, -0.2) is 4.98 Å². The first kappa shape index (κ1) is 18.2. The first-order valence-electron chi connectivity index (χ1n) is 9.23. The minimum absolute atomic E-state index is 0.304. The summed E-state index contributed by atoms with van der Waals surface area (Å²) in [7, 11) is 0. The van der Waals surface area contributed by atoms with Crippen molar-refractivity contribution in [3.8, 4) is 22.8 Å².